The van der Waals surface area contributed by atoms with Crippen molar-refractivity contribution in [1.82, 2.24) is 10.2 Å². The summed E-state index contributed by atoms with van der Waals surface area (Å²) in [7, 11) is 0. The van der Waals surface area contributed by atoms with Gasteiger partial charge in [0.1, 0.15) is 5.75 Å². The molecule has 0 bridgehead atoms. The Morgan fingerprint density at radius 2 is 1.74 bits per heavy atom. The molecule has 1 heterocycles. The smallest absolute Gasteiger partial charge is 0.260 e. The Morgan fingerprint density at radius 3 is 2.41 bits per heavy atom. The summed E-state index contributed by atoms with van der Waals surface area (Å²) in [4.78, 5) is 26.4. The number of piperidine rings is 1. The number of hydrogen-bond donors (Lipinski definition) is 1. The van der Waals surface area contributed by atoms with Gasteiger partial charge in [-0.25, -0.2) is 0 Å². The monoisotopic (exact) mass is 366 g/mol. The van der Waals surface area contributed by atoms with Crippen LogP contribution in [0.4, 0.5) is 0 Å². The van der Waals surface area contributed by atoms with Crippen molar-refractivity contribution in [3.8, 4) is 5.75 Å². The first-order valence-corrected chi connectivity index (χ1v) is 9.36. The van der Waals surface area contributed by atoms with E-state index in [0.717, 1.165) is 24.2 Å². The minimum atomic E-state index is -0.0570. The van der Waals surface area contributed by atoms with E-state index in [1.54, 1.807) is 12.1 Å². The average molecular weight is 366 g/mol. The van der Waals surface area contributed by atoms with Crippen LogP contribution in [-0.4, -0.2) is 42.5 Å². The van der Waals surface area contributed by atoms with Crippen LogP contribution in [0.15, 0.2) is 48.5 Å². The lowest BCUT2D eigenvalue weighted by atomic mass is 10.0. The zero-order valence-electron chi connectivity index (χ0n) is 15.9. The summed E-state index contributed by atoms with van der Waals surface area (Å²) >= 11 is 0. The first-order valence-electron chi connectivity index (χ1n) is 9.36. The normalized spacial score (nSPS) is 14.7. The van der Waals surface area contributed by atoms with E-state index in [-0.39, 0.29) is 24.5 Å². The Labute approximate surface area is 160 Å². The van der Waals surface area contributed by atoms with E-state index in [1.165, 1.54) is 5.56 Å². The third-order valence-electron chi connectivity index (χ3n) is 5.06. The van der Waals surface area contributed by atoms with Crippen LogP contribution >= 0.6 is 0 Å². The van der Waals surface area contributed by atoms with Gasteiger partial charge in [-0.2, -0.15) is 0 Å². The van der Waals surface area contributed by atoms with Crippen LogP contribution in [0.1, 0.15) is 34.3 Å². The quantitative estimate of drug-likeness (QED) is 0.885. The number of amides is 2. The number of nitrogens with one attached hydrogen (secondary N) is 1. The van der Waals surface area contributed by atoms with Gasteiger partial charge in [0.15, 0.2) is 6.61 Å². The van der Waals surface area contributed by atoms with Gasteiger partial charge >= 0.3 is 0 Å². The van der Waals surface area contributed by atoms with Crippen LogP contribution in [-0.2, 0) is 4.79 Å². The van der Waals surface area contributed by atoms with Crippen molar-refractivity contribution in [2.24, 2.45) is 0 Å². The molecule has 5 heteroatoms. The predicted octanol–water partition coefficient (Wildman–Crippen LogP) is 3.10. The Balaban J connectivity index is 1.43. The van der Waals surface area contributed by atoms with Gasteiger partial charge in [0.05, 0.1) is 0 Å². The lowest BCUT2D eigenvalue weighted by Gasteiger charge is -2.32. The van der Waals surface area contributed by atoms with Gasteiger partial charge in [-0.1, -0.05) is 24.3 Å². The number of likely N-dealkylation sites (tertiary alicyclic amines) is 1. The highest BCUT2D eigenvalue weighted by molar-refractivity contribution is 5.94. The Morgan fingerprint density at radius 1 is 1.04 bits per heavy atom. The largest absolute Gasteiger partial charge is 0.484 e. The molecule has 1 fully saturated rings. The van der Waals surface area contributed by atoms with Crippen molar-refractivity contribution in [3.63, 3.8) is 0 Å². The van der Waals surface area contributed by atoms with E-state index in [0.29, 0.717) is 18.7 Å². The SMILES string of the molecule is Cc1ccc(OCC(=O)N2CCC(NC(=O)c3ccccc3)CC2)cc1C. The Kier molecular flexibility index (Phi) is 6.12. The second-order valence-electron chi connectivity index (χ2n) is 7.03. The molecule has 0 spiro atoms. The molecule has 2 aromatic carbocycles. The zero-order valence-corrected chi connectivity index (χ0v) is 15.9. The Bertz CT molecular complexity index is 796. The summed E-state index contributed by atoms with van der Waals surface area (Å²) in [6.45, 7) is 5.39. The number of hydrogen-bond acceptors (Lipinski definition) is 3. The van der Waals surface area contributed by atoms with Crippen molar-refractivity contribution in [2.45, 2.75) is 32.7 Å². The molecule has 0 aliphatic carbocycles. The van der Waals surface area contributed by atoms with E-state index < -0.39 is 0 Å². The maximum absolute atomic E-state index is 12.4. The summed E-state index contributed by atoms with van der Waals surface area (Å²) in [5.74, 6) is 0.649. The topological polar surface area (TPSA) is 58.6 Å². The molecule has 1 aliphatic rings. The number of rotatable bonds is 5. The van der Waals surface area contributed by atoms with Crippen molar-refractivity contribution in [3.05, 3.63) is 65.2 Å². The second-order valence-corrected chi connectivity index (χ2v) is 7.03. The summed E-state index contributed by atoms with van der Waals surface area (Å²) in [6.07, 6.45) is 1.52. The van der Waals surface area contributed by atoms with Crippen LogP contribution in [0.25, 0.3) is 0 Å². The molecule has 1 N–H and O–H groups in total. The first kappa shape index (κ1) is 19.0. The fourth-order valence-electron chi connectivity index (χ4n) is 3.17. The lowest BCUT2D eigenvalue weighted by Crippen LogP contribution is -2.47. The fourth-order valence-corrected chi connectivity index (χ4v) is 3.17. The number of carbonyl (C=O) groups is 2. The molecular weight excluding hydrogens is 340 g/mol. The number of nitrogens with zero attached hydrogens (tertiary/aromatic N) is 1. The summed E-state index contributed by atoms with van der Waals surface area (Å²) in [5.41, 5.74) is 3.01. The molecule has 1 saturated heterocycles. The zero-order chi connectivity index (χ0) is 19.2. The van der Waals surface area contributed by atoms with Crippen molar-refractivity contribution in [2.75, 3.05) is 19.7 Å². The third-order valence-corrected chi connectivity index (χ3v) is 5.06. The number of carbonyl (C=O) groups excluding carboxylic acids is 2. The highest BCUT2D eigenvalue weighted by Gasteiger charge is 2.24. The minimum absolute atomic E-state index is 0.0129. The molecule has 0 aromatic heterocycles. The molecule has 2 aromatic rings. The van der Waals surface area contributed by atoms with E-state index in [4.69, 9.17) is 4.74 Å². The summed E-state index contributed by atoms with van der Waals surface area (Å²) < 4.78 is 5.65. The molecule has 0 atom stereocenters. The molecule has 1 aliphatic heterocycles. The van der Waals surface area contributed by atoms with Crippen molar-refractivity contribution >= 4 is 11.8 Å². The second kappa shape index (κ2) is 8.71. The molecule has 0 unspecified atom stereocenters. The van der Waals surface area contributed by atoms with Gasteiger partial charge in [-0.3, -0.25) is 9.59 Å². The highest BCUT2D eigenvalue weighted by atomic mass is 16.5. The average Bonchev–Trinajstić information content (AvgIpc) is 2.70. The number of ether oxygens (including phenoxy) is 1. The van der Waals surface area contributed by atoms with Crippen molar-refractivity contribution < 1.29 is 14.3 Å². The summed E-state index contributed by atoms with van der Waals surface area (Å²) in [5, 5.41) is 3.06. The van der Waals surface area contributed by atoms with E-state index in [9.17, 15) is 9.59 Å². The van der Waals surface area contributed by atoms with Gasteiger partial charge < -0.3 is 15.0 Å². The van der Waals surface area contributed by atoms with E-state index in [2.05, 4.69) is 5.32 Å². The van der Waals surface area contributed by atoms with Crippen LogP contribution in [0.3, 0.4) is 0 Å². The molecular formula is C22H26N2O3. The standard InChI is InChI=1S/C22H26N2O3/c1-16-8-9-20(14-17(16)2)27-15-21(25)24-12-10-19(11-13-24)23-22(26)18-6-4-3-5-7-18/h3-9,14,19H,10-13,15H2,1-2H3,(H,23,26). The minimum Gasteiger partial charge on any atom is -0.484 e. The van der Waals surface area contributed by atoms with Gasteiger partial charge in [0, 0.05) is 24.7 Å². The molecule has 27 heavy (non-hydrogen) atoms. The maximum Gasteiger partial charge on any atom is 0.260 e. The number of aryl methyl sites for hydroxylation is 2. The fraction of sp³-hybridized carbons (Fsp3) is 0.364. The molecule has 3 rings (SSSR count). The van der Waals surface area contributed by atoms with Crippen LogP contribution < -0.4 is 10.1 Å². The molecule has 142 valence electrons. The van der Waals surface area contributed by atoms with Gasteiger partial charge in [-0.15, -0.1) is 0 Å². The van der Waals surface area contributed by atoms with Gasteiger partial charge in [0.2, 0.25) is 0 Å². The molecule has 0 radical (unpaired) electrons. The van der Waals surface area contributed by atoms with Crippen LogP contribution in [0.5, 0.6) is 5.75 Å². The molecule has 5 nitrogen and oxygen atoms in total. The van der Waals surface area contributed by atoms with Gasteiger partial charge in [-0.05, 0) is 62.1 Å². The first-order chi connectivity index (χ1) is 13.0. The Hall–Kier alpha value is -2.82. The van der Waals surface area contributed by atoms with E-state index in [1.807, 2.05) is 55.1 Å². The highest BCUT2D eigenvalue weighted by Crippen LogP contribution is 2.17. The number of benzene rings is 2. The lowest BCUT2D eigenvalue weighted by molar-refractivity contribution is -0.134. The van der Waals surface area contributed by atoms with Crippen LogP contribution in [0, 0.1) is 13.8 Å². The summed E-state index contributed by atoms with van der Waals surface area (Å²) in [6, 6.07) is 15.1. The van der Waals surface area contributed by atoms with Crippen LogP contribution in [0.2, 0.25) is 0 Å². The molecule has 0 saturated carbocycles. The van der Waals surface area contributed by atoms with Crippen molar-refractivity contribution in [1.29, 1.82) is 0 Å². The van der Waals surface area contributed by atoms with E-state index >= 15 is 0 Å². The molecule has 2 amide bonds. The maximum atomic E-state index is 12.4. The van der Waals surface area contributed by atoms with Gasteiger partial charge in [0.25, 0.3) is 11.8 Å². The predicted molar refractivity (Wildman–Crippen MR) is 105 cm³/mol. The third kappa shape index (κ3) is 5.09.